The number of halogens is 4. The van der Waals surface area contributed by atoms with Crippen molar-refractivity contribution < 1.29 is 18.0 Å². The van der Waals surface area contributed by atoms with E-state index in [0.717, 1.165) is 23.1 Å². The Morgan fingerprint density at radius 2 is 2.14 bits per heavy atom. The molecule has 0 aliphatic rings. The van der Waals surface area contributed by atoms with Crippen LogP contribution in [-0.2, 0) is 17.4 Å². The van der Waals surface area contributed by atoms with Crippen LogP contribution in [0.25, 0.3) is 0 Å². The van der Waals surface area contributed by atoms with Crippen molar-refractivity contribution >= 4 is 29.7 Å². The molecule has 2 unspecified atom stereocenters. The molecule has 1 heterocycles. The van der Waals surface area contributed by atoms with E-state index in [0.29, 0.717) is 5.01 Å². The smallest absolute Gasteiger partial charge is 0.354 e. The largest absolute Gasteiger partial charge is 0.434 e. The molecule has 0 spiro atoms. The van der Waals surface area contributed by atoms with E-state index in [2.05, 4.69) is 10.3 Å². The Kier molecular flexibility index (Phi) is 8.20. The molecule has 4 nitrogen and oxygen atoms in total. The lowest BCUT2D eigenvalue weighted by atomic mass is 9.99. The number of hydrogen-bond donors (Lipinski definition) is 2. The van der Waals surface area contributed by atoms with Crippen LogP contribution in [0, 0.1) is 5.92 Å². The lowest BCUT2D eigenvalue weighted by Crippen LogP contribution is -2.45. The van der Waals surface area contributed by atoms with Gasteiger partial charge in [-0.25, -0.2) is 4.98 Å². The Bertz CT molecular complexity index is 453. The number of nitrogens with two attached hydrogens (primary N) is 1. The lowest BCUT2D eigenvalue weighted by Gasteiger charge is -2.17. The first-order valence-electron chi connectivity index (χ1n) is 6.30. The number of thiazole rings is 1. The molecule has 0 fully saturated rings. The van der Waals surface area contributed by atoms with Crippen molar-refractivity contribution in [1.29, 1.82) is 0 Å². The minimum atomic E-state index is -4.42. The molecule has 1 aromatic rings. The van der Waals surface area contributed by atoms with Crippen LogP contribution in [0.4, 0.5) is 13.2 Å². The summed E-state index contributed by atoms with van der Waals surface area (Å²) >= 11 is 0.934. The molecule has 0 aliphatic carbocycles. The maximum Gasteiger partial charge on any atom is 0.434 e. The number of hydrogen-bond acceptors (Lipinski definition) is 4. The van der Waals surface area contributed by atoms with Crippen LogP contribution < -0.4 is 11.1 Å². The highest BCUT2D eigenvalue weighted by atomic mass is 35.5. The summed E-state index contributed by atoms with van der Waals surface area (Å²) in [5, 5.41) is 3.93. The van der Waals surface area contributed by atoms with Gasteiger partial charge in [-0.3, -0.25) is 4.79 Å². The maximum atomic E-state index is 12.3. The normalized spacial score (nSPS) is 14.2. The zero-order valence-electron chi connectivity index (χ0n) is 11.7. The van der Waals surface area contributed by atoms with Gasteiger partial charge in [-0.05, 0) is 5.92 Å². The van der Waals surface area contributed by atoms with Gasteiger partial charge in [0.05, 0.1) is 11.0 Å². The minimum Gasteiger partial charge on any atom is -0.354 e. The van der Waals surface area contributed by atoms with Gasteiger partial charge in [-0.2, -0.15) is 13.2 Å². The van der Waals surface area contributed by atoms with Gasteiger partial charge < -0.3 is 11.1 Å². The Labute approximate surface area is 131 Å². The first kappa shape index (κ1) is 20.1. The van der Waals surface area contributed by atoms with Crippen molar-refractivity contribution in [3.05, 3.63) is 16.1 Å². The van der Waals surface area contributed by atoms with Crippen LogP contribution in [0.15, 0.2) is 5.38 Å². The van der Waals surface area contributed by atoms with Crippen molar-refractivity contribution in [1.82, 2.24) is 10.3 Å². The summed E-state index contributed by atoms with van der Waals surface area (Å²) in [6, 6.07) is -0.595. The minimum absolute atomic E-state index is 0. The van der Waals surface area contributed by atoms with Gasteiger partial charge in [0, 0.05) is 18.3 Å². The maximum absolute atomic E-state index is 12.3. The summed E-state index contributed by atoms with van der Waals surface area (Å²) in [4.78, 5) is 15.2. The predicted molar refractivity (Wildman–Crippen MR) is 78.5 cm³/mol. The molecule has 9 heteroatoms. The molecule has 0 aromatic carbocycles. The van der Waals surface area contributed by atoms with E-state index < -0.39 is 17.9 Å². The monoisotopic (exact) mass is 345 g/mol. The fourth-order valence-electron chi connectivity index (χ4n) is 1.48. The fourth-order valence-corrected chi connectivity index (χ4v) is 2.28. The van der Waals surface area contributed by atoms with Gasteiger partial charge in [0.25, 0.3) is 0 Å². The van der Waals surface area contributed by atoms with E-state index in [1.807, 2.05) is 13.8 Å². The molecule has 1 rings (SSSR count). The summed E-state index contributed by atoms with van der Waals surface area (Å²) in [7, 11) is 0. The van der Waals surface area contributed by atoms with Gasteiger partial charge >= 0.3 is 6.18 Å². The summed E-state index contributed by atoms with van der Waals surface area (Å²) < 4.78 is 37.0. The van der Waals surface area contributed by atoms with Crippen molar-refractivity contribution in [2.24, 2.45) is 11.7 Å². The van der Waals surface area contributed by atoms with Gasteiger partial charge in [0.1, 0.15) is 0 Å². The standard InChI is InChI=1S/C12H18F3N3OS.ClH/c1-3-7(2)10(16)11(19)17-5-4-9-18-8(6-20-9)12(13,14)15;/h6-7,10H,3-5,16H2,1-2H3,(H,17,19);1H. The summed E-state index contributed by atoms with van der Waals surface area (Å²) in [6.07, 6.45) is -3.37. The number of amides is 1. The van der Waals surface area contributed by atoms with Crippen molar-refractivity contribution in [3.8, 4) is 0 Å². The van der Waals surface area contributed by atoms with Crippen molar-refractivity contribution in [3.63, 3.8) is 0 Å². The number of carbonyl (C=O) groups excluding carboxylic acids is 1. The van der Waals surface area contributed by atoms with Gasteiger partial charge in [-0.15, -0.1) is 23.7 Å². The number of nitrogens with zero attached hydrogens (tertiary/aromatic N) is 1. The van der Waals surface area contributed by atoms with Gasteiger partial charge in [0.15, 0.2) is 5.69 Å². The predicted octanol–water partition coefficient (Wildman–Crippen LogP) is 2.62. The van der Waals surface area contributed by atoms with Crippen LogP contribution in [0.2, 0.25) is 0 Å². The molecule has 1 amide bonds. The molecule has 0 bridgehead atoms. The van der Waals surface area contributed by atoms with Crippen LogP contribution in [0.1, 0.15) is 31.0 Å². The van der Waals surface area contributed by atoms with Crippen LogP contribution in [0.5, 0.6) is 0 Å². The van der Waals surface area contributed by atoms with E-state index in [1.165, 1.54) is 0 Å². The second-order valence-corrected chi connectivity index (χ2v) is 5.52. The molecular weight excluding hydrogens is 327 g/mol. The van der Waals surface area contributed by atoms with Crippen LogP contribution in [0.3, 0.4) is 0 Å². The van der Waals surface area contributed by atoms with Crippen molar-refractivity contribution in [2.75, 3.05) is 6.54 Å². The topological polar surface area (TPSA) is 68.0 Å². The van der Waals surface area contributed by atoms with Crippen LogP contribution in [-0.4, -0.2) is 23.5 Å². The summed E-state index contributed by atoms with van der Waals surface area (Å²) in [5.41, 5.74) is 4.85. The zero-order chi connectivity index (χ0) is 15.3. The number of rotatable bonds is 6. The molecule has 122 valence electrons. The Morgan fingerprint density at radius 1 is 1.52 bits per heavy atom. The molecule has 0 aliphatic heterocycles. The Hall–Kier alpha value is -0.860. The highest BCUT2D eigenvalue weighted by molar-refractivity contribution is 7.09. The molecule has 21 heavy (non-hydrogen) atoms. The van der Waals surface area contributed by atoms with Gasteiger partial charge in [-0.1, -0.05) is 20.3 Å². The number of aromatic nitrogens is 1. The third-order valence-corrected chi connectivity index (χ3v) is 3.95. The quantitative estimate of drug-likeness (QED) is 0.832. The SMILES string of the molecule is CCC(C)C(N)C(=O)NCCc1nc(C(F)(F)F)cs1.Cl. The molecule has 3 N–H and O–H groups in total. The molecular formula is C12H19ClF3N3OS. The second-order valence-electron chi connectivity index (χ2n) is 4.58. The number of carbonyl (C=O) groups is 1. The first-order valence-corrected chi connectivity index (χ1v) is 7.18. The lowest BCUT2D eigenvalue weighted by molar-refractivity contribution is -0.140. The molecule has 0 radical (unpaired) electrons. The van der Waals surface area contributed by atoms with Crippen molar-refractivity contribution in [2.45, 2.75) is 38.9 Å². The fraction of sp³-hybridized carbons (Fsp3) is 0.667. The van der Waals surface area contributed by atoms with E-state index in [4.69, 9.17) is 5.73 Å². The molecule has 1 aromatic heterocycles. The highest BCUT2D eigenvalue weighted by Crippen LogP contribution is 2.29. The first-order chi connectivity index (χ1) is 9.25. The van der Waals surface area contributed by atoms with E-state index in [-0.39, 0.29) is 37.2 Å². The second kappa shape index (κ2) is 8.55. The summed E-state index contributed by atoms with van der Waals surface area (Å²) in [6.45, 7) is 4.04. The third kappa shape index (κ3) is 6.19. The highest BCUT2D eigenvalue weighted by Gasteiger charge is 2.33. The average molecular weight is 346 g/mol. The number of alkyl halides is 3. The molecule has 0 saturated heterocycles. The molecule has 2 atom stereocenters. The summed E-state index contributed by atoms with van der Waals surface area (Å²) in [5.74, 6) is -0.223. The van der Waals surface area contributed by atoms with Gasteiger partial charge in [0.2, 0.25) is 5.91 Å². The molecule has 0 saturated carbocycles. The van der Waals surface area contributed by atoms with Crippen LogP contribution >= 0.6 is 23.7 Å². The zero-order valence-corrected chi connectivity index (χ0v) is 13.4. The van der Waals surface area contributed by atoms with E-state index in [9.17, 15) is 18.0 Å². The van der Waals surface area contributed by atoms with E-state index in [1.54, 1.807) is 0 Å². The van der Waals surface area contributed by atoms with E-state index >= 15 is 0 Å². The Balaban J connectivity index is 0.00000400. The third-order valence-electron chi connectivity index (χ3n) is 3.04. The average Bonchev–Trinajstić information content (AvgIpc) is 2.85. The number of nitrogens with one attached hydrogen (secondary N) is 1. The Morgan fingerprint density at radius 3 is 2.62 bits per heavy atom.